The molecular formula is C39H68O17S5. The Kier molecular flexibility index (Phi) is 40.7. The van der Waals surface area contributed by atoms with Crippen molar-refractivity contribution < 1.29 is 80.9 Å². The van der Waals surface area contributed by atoms with E-state index < -0.39 is 34.7 Å². The number of carbonyl (C=O) groups is 7. The third-order valence-corrected chi connectivity index (χ3v) is 9.04. The molecule has 0 aliphatic carbocycles. The van der Waals surface area contributed by atoms with Gasteiger partial charge < -0.3 is 47.4 Å². The summed E-state index contributed by atoms with van der Waals surface area (Å²) in [5.41, 5.74) is -1.69. The highest BCUT2D eigenvalue weighted by atomic mass is 32.1. The van der Waals surface area contributed by atoms with Gasteiger partial charge in [0.05, 0.1) is 71.7 Å². The van der Waals surface area contributed by atoms with Crippen LogP contribution in [-0.2, 0) is 80.9 Å². The molecule has 0 spiro atoms. The molecule has 0 heterocycles. The van der Waals surface area contributed by atoms with E-state index in [1.807, 2.05) is 13.8 Å². The number of hydrogen-bond donors (Lipinski definition) is 5. The molecule has 0 aromatic rings. The van der Waals surface area contributed by atoms with E-state index in [0.717, 1.165) is 0 Å². The van der Waals surface area contributed by atoms with E-state index in [2.05, 4.69) is 63.1 Å². The summed E-state index contributed by atoms with van der Waals surface area (Å²) in [6, 6.07) is 0. The first-order chi connectivity index (χ1) is 29.2. The van der Waals surface area contributed by atoms with Crippen molar-refractivity contribution in [3.63, 3.8) is 0 Å². The predicted octanol–water partition coefficient (Wildman–Crippen LogP) is 4.02. The van der Waals surface area contributed by atoms with E-state index in [1.165, 1.54) is 0 Å². The second-order valence-electron chi connectivity index (χ2n) is 13.3. The molecule has 0 amide bonds. The number of thiol groups is 5. The molecule has 0 bridgehead atoms. The van der Waals surface area contributed by atoms with Gasteiger partial charge in [-0.25, -0.2) is 0 Å². The Morgan fingerprint density at radius 2 is 0.623 bits per heavy atom. The molecule has 61 heavy (non-hydrogen) atoms. The second-order valence-corrected chi connectivity index (χ2v) is 15.5. The van der Waals surface area contributed by atoms with Crippen LogP contribution in [0.1, 0.15) is 78.6 Å². The number of ether oxygens (including phenoxy) is 10. The van der Waals surface area contributed by atoms with Crippen molar-refractivity contribution in [1.29, 1.82) is 0 Å². The first-order valence-electron chi connectivity index (χ1n) is 20.1. The van der Waals surface area contributed by atoms with Crippen LogP contribution in [-0.4, -0.2) is 156 Å². The molecule has 0 unspecified atom stereocenters. The Hall–Kier alpha value is -2.08. The largest absolute Gasteiger partial charge is 0.465 e. The zero-order valence-electron chi connectivity index (χ0n) is 35.8. The van der Waals surface area contributed by atoms with Crippen molar-refractivity contribution in [1.82, 2.24) is 0 Å². The first kappa shape index (κ1) is 61.0. The summed E-state index contributed by atoms with van der Waals surface area (Å²) in [5, 5.41) is 0. The zero-order valence-corrected chi connectivity index (χ0v) is 40.2. The van der Waals surface area contributed by atoms with Gasteiger partial charge in [0, 0.05) is 47.0 Å². The first-order valence-corrected chi connectivity index (χ1v) is 23.3. The predicted molar refractivity (Wildman–Crippen MR) is 242 cm³/mol. The molecule has 0 aliphatic rings. The molecular weight excluding hydrogens is 901 g/mol. The van der Waals surface area contributed by atoms with Crippen molar-refractivity contribution in [3.05, 3.63) is 0 Å². The van der Waals surface area contributed by atoms with E-state index in [4.69, 9.17) is 47.4 Å². The lowest BCUT2D eigenvalue weighted by Gasteiger charge is -2.32. The van der Waals surface area contributed by atoms with Crippen LogP contribution < -0.4 is 0 Å². The molecule has 0 atom stereocenters. The molecule has 0 rings (SSSR count). The maximum Gasteiger partial charge on any atom is 0.306 e. The summed E-state index contributed by atoms with van der Waals surface area (Å²) in [5.74, 6) is -1.16. The van der Waals surface area contributed by atoms with Crippen molar-refractivity contribution in [2.45, 2.75) is 78.6 Å². The van der Waals surface area contributed by atoms with Crippen molar-refractivity contribution in [2.75, 3.05) is 115 Å². The van der Waals surface area contributed by atoms with E-state index in [9.17, 15) is 33.6 Å². The van der Waals surface area contributed by atoms with Gasteiger partial charge in [0.2, 0.25) is 0 Å². The van der Waals surface area contributed by atoms with Gasteiger partial charge in [-0.1, -0.05) is 20.8 Å². The minimum absolute atomic E-state index is 0.0771. The van der Waals surface area contributed by atoms with Crippen molar-refractivity contribution in [3.8, 4) is 0 Å². The van der Waals surface area contributed by atoms with Crippen LogP contribution in [0, 0.1) is 10.8 Å². The van der Waals surface area contributed by atoms with Crippen molar-refractivity contribution in [2.24, 2.45) is 10.8 Å². The lowest BCUT2D eigenvalue weighted by Crippen LogP contribution is -2.44. The van der Waals surface area contributed by atoms with Crippen LogP contribution in [0.2, 0.25) is 0 Å². The molecule has 0 aromatic heterocycles. The van der Waals surface area contributed by atoms with Crippen LogP contribution in [0.4, 0.5) is 0 Å². The van der Waals surface area contributed by atoms with Gasteiger partial charge in [-0.3, -0.25) is 33.6 Å². The Balaban J connectivity index is 0. The number of rotatable bonds is 37. The highest BCUT2D eigenvalue weighted by Gasteiger charge is 2.38. The van der Waals surface area contributed by atoms with E-state index in [0.29, 0.717) is 67.8 Å². The van der Waals surface area contributed by atoms with Gasteiger partial charge in [-0.15, -0.1) is 0 Å². The number of carbonyl (C=O) groups excluding carboxylic acids is 7. The Labute approximate surface area is 388 Å². The highest BCUT2D eigenvalue weighted by molar-refractivity contribution is 7.80. The number of hydrogen-bond acceptors (Lipinski definition) is 22. The smallest absolute Gasteiger partial charge is 0.306 e. The van der Waals surface area contributed by atoms with Gasteiger partial charge in [0.15, 0.2) is 0 Å². The monoisotopic (exact) mass is 968 g/mol. The molecule has 17 nitrogen and oxygen atoms in total. The molecule has 0 fully saturated rings. The maximum absolute atomic E-state index is 11.8. The van der Waals surface area contributed by atoms with Gasteiger partial charge >= 0.3 is 41.8 Å². The third-order valence-electron chi connectivity index (χ3n) is 7.93. The summed E-state index contributed by atoms with van der Waals surface area (Å²) < 4.78 is 53.3. The number of esters is 7. The van der Waals surface area contributed by atoms with Crippen LogP contribution in [0.25, 0.3) is 0 Å². The second kappa shape index (κ2) is 40.7. The average molecular weight is 969 g/mol. The topological polar surface area (TPSA) is 212 Å². The normalized spacial score (nSPS) is 11.1. The van der Waals surface area contributed by atoms with Gasteiger partial charge in [-0.2, -0.15) is 63.1 Å². The highest BCUT2D eigenvalue weighted by Crippen LogP contribution is 2.25. The Morgan fingerprint density at radius 1 is 0.344 bits per heavy atom. The summed E-state index contributed by atoms with van der Waals surface area (Å²) in [4.78, 5) is 81.2. The van der Waals surface area contributed by atoms with Crippen LogP contribution in [0.15, 0.2) is 0 Å². The van der Waals surface area contributed by atoms with Gasteiger partial charge in [-0.05, 0) is 12.8 Å². The van der Waals surface area contributed by atoms with Crippen LogP contribution in [0.5, 0.6) is 0 Å². The maximum atomic E-state index is 11.8. The van der Waals surface area contributed by atoms with E-state index in [1.54, 1.807) is 6.92 Å². The Morgan fingerprint density at radius 3 is 0.885 bits per heavy atom. The lowest BCUT2D eigenvalue weighted by atomic mass is 9.88. The molecule has 0 saturated heterocycles. The minimum Gasteiger partial charge on any atom is -0.465 e. The average Bonchev–Trinajstić information content (AvgIpc) is 3.23. The summed E-state index contributed by atoms with van der Waals surface area (Å²) in [6.45, 7) is 6.72. The molecule has 0 aliphatic heterocycles. The molecule has 22 heteroatoms. The molecule has 356 valence electrons. The summed E-state index contributed by atoms with van der Waals surface area (Å²) in [7, 11) is 0. The standard InChI is InChI=1S/C21H38O9S2.C18H30O8S3/c1-3-18(22)28-10-7-25-15-21(4-2,16-26-8-11-29-19(23)5-13-31)17-27-9-12-30-20(24)6-14-32;1-2-3-14(19)23-10-18(11-24-15(20)4-7-27,12-25-16(21)5-8-28)13-26-17(22)6-9-29/h31-32H,3-17H2,1-2H3;27-29H,2-13H2,1H3. The molecule has 0 radical (unpaired) electrons. The van der Waals surface area contributed by atoms with Crippen LogP contribution >= 0.6 is 63.1 Å². The third kappa shape index (κ3) is 35.0. The summed E-state index contributed by atoms with van der Waals surface area (Å²) in [6.07, 6.45) is 2.55. The molecule has 0 saturated carbocycles. The SMILES string of the molecule is CCC(=O)OCCOCC(CC)(COCCOC(=O)CCS)COCCOC(=O)CCS.CCCC(=O)OCC(COC(=O)CCS)(COC(=O)CCS)COC(=O)CCS. The van der Waals surface area contributed by atoms with E-state index >= 15 is 0 Å². The summed E-state index contributed by atoms with van der Waals surface area (Å²) >= 11 is 19.9. The van der Waals surface area contributed by atoms with Gasteiger partial charge in [0.25, 0.3) is 0 Å². The zero-order chi connectivity index (χ0) is 46.2. The minimum atomic E-state index is -1.23. The molecule has 0 N–H and O–H groups in total. The fraction of sp³-hybridized carbons (Fsp3) is 0.821. The lowest BCUT2D eigenvalue weighted by molar-refractivity contribution is -0.170. The fourth-order valence-corrected chi connectivity index (χ4v) is 5.23. The fourth-order valence-electron chi connectivity index (χ4n) is 4.32. The van der Waals surface area contributed by atoms with E-state index in [-0.39, 0.29) is 123 Å². The van der Waals surface area contributed by atoms with Crippen LogP contribution in [0.3, 0.4) is 0 Å². The quantitative estimate of drug-likeness (QED) is 0.0258. The van der Waals surface area contributed by atoms with Crippen molar-refractivity contribution >= 4 is 105 Å². The molecule has 0 aromatic carbocycles. The van der Waals surface area contributed by atoms with Gasteiger partial charge in [0.1, 0.15) is 51.7 Å². The Bertz CT molecular complexity index is 1110.